The average molecular weight is 376 g/mol. The standard InChI is InChI=1S/C19H16N6OS/c26-19(23-18-20-10-5-11-21-18)24-22-12-13-25-14-6-1-3-8-16(14)27-17-9-4-2-7-15(17)25/h1-12H,13H2,(H2,20,21,23,24,26)/b22-12+. The van der Waals surface area contributed by atoms with Crippen LogP contribution >= 0.6 is 11.8 Å². The van der Waals surface area contributed by atoms with Gasteiger partial charge in [-0.2, -0.15) is 5.10 Å². The number of carbonyl (C=O) groups excluding carboxylic acids is 1. The number of hydrazone groups is 1. The third-order valence-corrected chi connectivity index (χ3v) is 4.98. The number of nitrogens with one attached hydrogen (secondary N) is 2. The highest BCUT2D eigenvalue weighted by molar-refractivity contribution is 7.99. The molecule has 2 N–H and O–H groups in total. The van der Waals surface area contributed by atoms with Crippen LogP contribution in [0.5, 0.6) is 0 Å². The molecule has 1 aliphatic rings. The van der Waals surface area contributed by atoms with E-state index in [-0.39, 0.29) is 5.95 Å². The fraction of sp³-hybridized carbons (Fsp3) is 0.0526. The molecule has 134 valence electrons. The average Bonchev–Trinajstić information content (AvgIpc) is 2.71. The number of hydrogen-bond acceptors (Lipinski definition) is 6. The number of fused-ring (bicyclic) bond motifs is 2. The van der Waals surface area contributed by atoms with Gasteiger partial charge >= 0.3 is 6.03 Å². The first-order valence-corrected chi connectivity index (χ1v) is 9.12. The summed E-state index contributed by atoms with van der Waals surface area (Å²) in [6.07, 6.45) is 4.76. The molecule has 7 nitrogen and oxygen atoms in total. The second-order valence-electron chi connectivity index (χ2n) is 5.60. The van der Waals surface area contributed by atoms with E-state index < -0.39 is 6.03 Å². The first kappa shape index (κ1) is 17.0. The van der Waals surface area contributed by atoms with Crippen LogP contribution in [0.3, 0.4) is 0 Å². The summed E-state index contributed by atoms with van der Waals surface area (Å²) >= 11 is 1.75. The molecule has 8 heteroatoms. The zero-order chi connectivity index (χ0) is 18.5. The number of amides is 2. The molecule has 0 aliphatic carbocycles. The minimum Gasteiger partial charge on any atom is -0.334 e. The molecule has 0 saturated carbocycles. The van der Waals surface area contributed by atoms with Crippen molar-refractivity contribution in [2.45, 2.75) is 9.79 Å². The van der Waals surface area contributed by atoms with Crippen LogP contribution in [0.1, 0.15) is 0 Å². The van der Waals surface area contributed by atoms with E-state index in [0.717, 1.165) is 11.4 Å². The molecule has 0 atom stereocenters. The quantitative estimate of drug-likeness (QED) is 0.533. The van der Waals surface area contributed by atoms with Gasteiger partial charge in [-0.3, -0.25) is 5.32 Å². The van der Waals surface area contributed by atoms with Gasteiger partial charge in [0, 0.05) is 28.4 Å². The smallest absolute Gasteiger partial charge is 0.334 e. The van der Waals surface area contributed by atoms with Crippen molar-refractivity contribution < 1.29 is 4.79 Å². The van der Waals surface area contributed by atoms with Crippen molar-refractivity contribution in [3.63, 3.8) is 0 Å². The van der Waals surface area contributed by atoms with E-state index in [1.165, 1.54) is 9.79 Å². The van der Waals surface area contributed by atoms with Gasteiger partial charge in [-0.1, -0.05) is 36.0 Å². The van der Waals surface area contributed by atoms with Crippen molar-refractivity contribution in [2.24, 2.45) is 5.10 Å². The van der Waals surface area contributed by atoms with Gasteiger partial charge in [-0.25, -0.2) is 20.2 Å². The number of urea groups is 1. The van der Waals surface area contributed by atoms with E-state index in [0.29, 0.717) is 6.54 Å². The number of hydrogen-bond donors (Lipinski definition) is 2. The van der Waals surface area contributed by atoms with Crippen LogP contribution in [-0.4, -0.2) is 28.8 Å². The highest BCUT2D eigenvalue weighted by atomic mass is 32.2. The molecule has 27 heavy (non-hydrogen) atoms. The lowest BCUT2D eigenvalue weighted by molar-refractivity contribution is 0.252. The maximum atomic E-state index is 11.8. The first-order chi connectivity index (χ1) is 13.3. The Balaban J connectivity index is 1.44. The third kappa shape index (κ3) is 3.90. The Hall–Kier alpha value is -3.39. The summed E-state index contributed by atoms with van der Waals surface area (Å²) in [5.74, 6) is 0.223. The van der Waals surface area contributed by atoms with Gasteiger partial charge in [0.25, 0.3) is 0 Å². The van der Waals surface area contributed by atoms with Gasteiger partial charge in [0.15, 0.2) is 0 Å². The largest absolute Gasteiger partial charge is 0.341 e. The summed E-state index contributed by atoms with van der Waals surface area (Å²) in [4.78, 5) is 24.2. The van der Waals surface area contributed by atoms with E-state index >= 15 is 0 Å². The number of para-hydroxylation sites is 2. The Labute approximate surface area is 160 Å². The molecule has 0 fully saturated rings. The Morgan fingerprint density at radius 1 is 1.00 bits per heavy atom. The summed E-state index contributed by atoms with van der Waals surface area (Å²) < 4.78 is 0. The minimum absolute atomic E-state index is 0.223. The molecule has 0 bridgehead atoms. The van der Waals surface area contributed by atoms with E-state index in [1.807, 2.05) is 24.3 Å². The van der Waals surface area contributed by atoms with Crippen molar-refractivity contribution in [3.8, 4) is 0 Å². The zero-order valence-corrected chi connectivity index (χ0v) is 15.1. The van der Waals surface area contributed by atoms with Crippen molar-refractivity contribution in [2.75, 3.05) is 16.8 Å². The van der Waals surface area contributed by atoms with Crippen LogP contribution in [0.2, 0.25) is 0 Å². The topological polar surface area (TPSA) is 82.5 Å². The molecule has 0 radical (unpaired) electrons. The third-order valence-electron chi connectivity index (χ3n) is 3.84. The Bertz CT molecular complexity index is 933. The number of nitrogens with zero attached hydrogens (tertiary/aromatic N) is 4. The number of aromatic nitrogens is 2. The Morgan fingerprint density at radius 3 is 2.30 bits per heavy atom. The van der Waals surface area contributed by atoms with Crippen molar-refractivity contribution in [1.82, 2.24) is 15.4 Å². The zero-order valence-electron chi connectivity index (χ0n) is 14.2. The number of anilines is 3. The number of carbonyl (C=O) groups is 1. The predicted molar refractivity (Wildman–Crippen MR) is 107 cm³/mol. The summed E-state index contributed by atoms with van der Waals surface area (Å²) in [6, 6.07) is 17.6. The molecule has 2 heterocycles. The molecule has 3 aromatic rings. The monoisotopic (exact) mass is 376 g/mol. The summed E-state index contributed by atoms with van der Waals surface area (Å²) in [5, 5.41) is 6.53. The van der Waals surface area contributed by atoms with Crippen LogP contribution < -0.4 is 15.6 Å². The lowest BCUT2D eigenvalue weighted by Gasteiger charge is -2.31. The van der Waals surface area contributed by atoms with Crippen LogP contribution in [0.25, 0.3) is 0 Å². The maximum absolute atomic E-state index is 11.8. The van der Waals surface area contributed by atoms with Crippen molar-refractivity contribution in [3.05, 3.63) is 67.0 Å². The Morgan fingerprint density at radius 2 is 1.63 bits per heavy atom. The molecule has 2 aromatic carbocycles. The van der Waals surface area contributed by atoms with E-state index in [9.17, 15) is 4.79 Å². The summed E-state index contributed by atoms with van der Waals surface area (Å²) in [7, 11) is 0. The van der Waals surface area contributed by atoms with E-state index in [4.69, 9.17) is 0 Å². The first-order valence-electron chi connectivity index (χ1n) is 8.30. The van der Waals surface area contributed by atoms with Gasteiger partial charge in [-0.15, -0.1) is 0 Å². The molecule has 4 rings (SSSR count). The summed E-state index contributed by atoms with van der Waals surface area (Å²) in [6.45, 7) is 0.525. The molecule has 0 spiro atoms. The maximum Gasteiger partial charge on any atom is 0.341 e. The lowest BCUT2D eigenvalue weighted by Crippen LogP contribution is -2.27. The highest BCUT2D eigenvalue weighted by Crippen LogP contribution is 2.47. The Kier molecular flexibility index (Phi) is 4.97. The molecule has 0 unspecified atom stereocenters. The minimum atomic E-state index is -0.493. The van der Waals surface area contributed by atoms with Crippen molar-refractivity contribution >= 4 is 41.3 Å². The second kappa shape index (κ2) is 7.88. The number of benzene rings is 2. The second-order valence-corrected chi connectivity index (χ2v) is 6.68. The lowest BCUT2D eigenvalue weighted by atomic mass is 10.2. The predicted octanol–water partition coefficient (Wildman–Crippen LogP) is 3.89. The fourth-order valence-electron chi connectivity index (χ4n) is 2.70. The van der Waals surface area contributed by atoms with Crippen LogP contribution in [0.15, 0.2) is 81.9 Å². The van der Waals surface area contributed by atoms with Crippen LogP contribution in [-0.2, 0) is 0 Å². The molecule has 0 saturated heterocycles. The normalized spacial score (nSPS) is 12.4. The van der Waals surface area contributed by atoms with Gasteiger partial charge in [0.05, 0.1) is 17.9 Å². The van der Waals surface area contributed by atoms with Gasteiger partial charge in [-0.05, 0) is 30.3 Å². The van der Waals surface area contributed by atoms with E-state index in [1.54, 1.807) is 36.4 Å². The van der Waals surface area contributed by atoms with Crippen molar-refractivity contribution in [1.29, 1.82) is 0 Å². The van der Waals surface area contributed by atoms with E-state index in [2.05, 4.69) is 55.0 Å². The van der Waals surface area contributed by atoms with Crippen LogP contribution in [0, 0.1) is 0 Å². The number of rotatable bonds is 4. The van der Waals surface area contributed by atoms with Crippen LogP contribution in [0.4, 0.5) is 22.1 Å². The molecule has 1 aromatic heterocycles. The molecular formula is C19H16N6OS. The molecule has 1 aliphatic heterocycles. The highest BCUT2D eigenvalue weighted by Gasteiger charge is 2.21. The molecule has 2 amide bonds. The fourth-order valence-corrected chi connectivity index (χ4v) is 3.79. The summed E-state index contributed by atoms with van der Waals surface area (Å²) in [5.41, 5.74) is 4.67. The van der Waals surface area contributed by atoms with Gasteiger partial charge in [0.2, 0.25) is 5.95 Å². The van der Waals surface area contributed by atoms with Gasteiger partial charge < -0.3 is 4.90 Å². The molecular weight excluding hydrogens is 360 g/mol. The van der Waals surface area contributed by atoms with Gasteiger partial charge in [0.1, 0.15) is 0 Å². The SMILES string of the molecule is O=C(N/N=C/CN1c2ccccc2Sc2ccccc21)Nc1ncccn1.